The number of nitrogens with one attached hydrogen (secondary N) is 3. The molecule has 6 N–H and O–H groups in total. The fraction of sp³-hybridized carbons (Fsp3) is 0.468. The smallest absolute Gasteiger partial charge is 0.265 e. The first-order valence-corrected chi connectivity index (χ1v) is 34.8. The predicted octanol–water partition coefficient (Wildman–Crippen LogP) is 6.06. The highest BCUT2D eigenvalue weighted by atomic mass is 32.2. The minimum atomic E-state index is -4.06. The third-order valence-corrected chi connectivity index (χ3v) is 25.1. The first-order chi connectivity index (χ1) is 44.4. The minimum absolute atomic E-state index is 0.00448. The lowest BCUT2D eigenvalue weighted by molar-refractivity contribution is -0.135. The Morgan fingerprint density at radius 3 is 0.957 bits per heavy atom. The lowest BCUT2D eigenvalue weighted by atomic mass is 9.86. The van der Waals surface area contributed by atoms with E-state index in [-0.39, 0.29) is 92.9 Å². The van der Waals surface area contributed by atoms with Crippen LogP contribution in [0.1, 0.15) is 89.9 Å². The Hall–Kier alpha value is -7.68. The molecule has 6 aromatic rings. The number of hydroxylamine groups is 3. The van der Waals surface area contributed by atoms with Gasteiger partial charge in [-0.25, -0.2) is 71.6 Å². The summed E-state index contributed by atoms with van der Waals surface area (Å²) < 4.78 is 107. The van der Waals surface area contributed by atoms with Crippen LogP contribution in [0.4, 0.5) is 0 Å². The highest BCUT2D eigenvalue weighted by Crippen LogP contribution is 2.40. The molecule has 92 heavy (non-hydrogen) atoms. The normalized spacial score (nSPS) is 18.6. The molecule has 0 radical (unpaired) electrons. The molecule has 492 valence electrons. The van der Waals surface area contributed by atoms with Crippen LogP contribution in [-0.4, -0.2) is 162 Å². The fourth-order valence-electron chi connectivity index (χ4n) is 11.1. The van der Waals surface area contributed by atoms with E-state index in [0.29, 0.717) is 83.1 Å². The molecule has 0 unspecified atom stereocenters. The van der Waals surface area contributed by atoms with Crippen molar-refractivity contribution in [2.75, 3.05) is 59.5 Å². The Bertz CT molecular complexity index is 3830. The summed E-state index contributed by atoms with van der Waals surface area (Å²) >= 11 is 0. The van der Waals surface area contributed by atoms with Crippen LogP contribution in [0.15, 0.2) is 125 Å². The number of nitrogens with zero attached hydrogens (tertiary/aromatic N) is 6. The van der Waals surface area contributed by atoms with Crippen molar-refractivity contribution in [2.45, 2.75) is 119 Å². The maximum Gasteiger partial charge on any atom is 0.265 e. The molecule has 3 saturated carbocycles. The fourth-order valence-corrected chi connectivity index (χ4v) is 16.9. The summed E-state index contributed by atoms with van der Waals surface area (Å²) in [5.41, 5.74) is 8.32. The number of sulfone groups is 3. The van der Waals surface area contributed by atoms with Crippen LogP contribution < -0.4 is 30.7 Å². The van der Waals surface area contributed by atoms with Gasteiger partial charge in [0.05, 0.1) is 88.8 Å². The van der Waals surface area contributed by atoms with Crippen molar-refractivity contribution >= 4 is 47.2 Å². The van der Waals surface area contributed by atoms with E-state index in [2.05, 4.69) is 29.9 Å². The number of amides is 3. The molecule has 3 amide bonds. The van der Waals surface area contributed by atoms with E-state index in [0.717, 1.165) is 12.3 Å². The van der Waals surface area contributed by atoms with Crippen LogP contribution in [0.3, 0.4) is 0 Å². The second-order valence-corrected chi connectivity index (χ2v) is 30.2. The van der Waals surface area contributed by atoms with E-state index >= 15 is 0 Å². The van der Waals surface area contributed by atoms with Gasteiger partial charge < -0.3 is 28.4 Å². The van der Waals surface area contributed by atoms with Gasteiger partial charge in [0.25, 0.3) is 17.7 Å². The number of carbonyl (C=O) groups excluding carboxylic acids is 3. The summed E-state index contributed by atoms with van der Waals surface area (Å²) in [5.74, 6) is 0.558. The number of carbonyl (C=O) groups is 3. The molecule has 0 bridgehead atoms. The molecule has 3 aliphatic heterocycles. The van der Waals surface area contributed by atoms with Crippen molar-refractivity contribution in [3.05, 3.63) is 110 Å². The van der Waals surface area contributed by atoms with Gasteiger partial charge in [-0.3, -0.25) is 30.0 Å². The largest absolute Gasteiger partial charge is 0.477 e. The van der Waals surface area contributed by atoms with Crippen LogP contribution in [-0.2, 0) is 58.1 Å². The van der Waals surface area contributed by atoms with Crippen LogP contribution >= 0.6 is 0 Å². The summed E-state index contributed by atoms with van der Waals surface area (Å²) in [6.07, 6.45) is 18.8. The van der Waals surface area contributed by atoms with E-state index < -0.39 is 61.5 Å². The molecule has 3 aliphatic carbocycles. The molecule has 0 spiro atoms. The summed E-state index contributed by atoms with van der Waals surface area (Å²) in [6.45, 7) is 2.64. The molecule has 3 aromatic heterocycles. The van der Waals surface area contributed by atoms with E-state index in [1.54, 1.807) is 73.6 Å². The van der Waals surface area contributed by atoms with E-state index in [4.69, 9.17) is 44.0 Å². The molecule has 27 nitrogen and oxygen atoms in total. The molecule has 6 fully saturated rings. The zero-order valence-corrected chi connectivity index (χ0v) is 52.7. The van der Waals surface area contributed by atoms with Crippen LogP contribution in [0, 0.1) is 17.8 Å². The van der Waals surface area contributed by atoms with E-state index in [9.17, 15) is 39.6 Å². The van der Waals surface area contributed by atoms with Crippen molar-refractivity contribution < 1.29 is 83.7 Å². The molecule has 3 saturated heterocycles. The third kappa shape index (κ3) is 14.9. The zero-order chi connectivity index (χ0) is 65.0. The maximum absolute atomic E-state index is 13.3. The van der Waals surface area contributed by atoms with Gasteiger partial charge in [-0.1, -0.05) is 55.7 Å². The minimum Gasteiger partial charge on any atom is -0.477 e. The number of aromatic nitrogens is 6. The lowest BCUT2D eigenvalue weighted by Crippen LogP contribution is -2.54. The topological polar surface area (TPSA) is 383 Å². The second-order valence-electron chi connectivity index (χ2n) is 23.4. The Labute approximate surface area is 532 Å². The first kappa shape index (κ1) is 67.2. The van der Waals surface area contributed by atoms with Crippen LogP contribution in [0.25, 0.3) is 33.8 Å². The summed E-state index contributed by atoms with van der Waals surface area (Å²) in [4.78, 5) is 62.8. The quantitative estimate of drug-likeness (QED) is 0.0332. The first-order valence-electron chi connectivity index (χ1n) is 30.4. The number of benzene rings is 3. The lowest BCUT2D eigenvalue weighted by Gasteiger charge is -2.34. The SMILES string of the molecule is O=C(NO)C1(S(=O)(=O)c2ccc(-c3cnc(OCC4CC4)cn3)cc2)CCOCC1.O=C(NO)C1(S(=O)(=O)c2ccc(-c3cnc(OCC4CCC4)cn3)cc2)CCOCC1.O=C(NO)C1(S(=O)(=O)c2ccc(-c3cnc(OCCC4CC4)cn3)cc2)CCOCC1. The molecule has 30 heteroatoms. The number of hydrogen-bond acceptors (Lipinski definition) is 24. The summed E-state index contributed by atoms with van der Waals surface area (Å²) in [5, 5.41) is 27.4. The van der Waals surface area contributed by atoms with Gasteiger partial charge in [0.1, 0.15) is 0 Å². The van der Waals surface area contributed by atoms with Crippen molar-refractivity contribution in [1.29, 1.82) is 0 Å². The van der Waals surface area contributed by atoms with Gasteiger partial charge in [-0.2, -0.15) is 0 Å². The van der Waals surface area contributed by atoms with E-state index in [1.165, 1.54) is 97.8 Å². The van der Waals surface area contributed by atoms with E-state index in [1.807, 2.05) is 0 Å². The summed E-state index contributed by atoms with van der Waals surface area (Å²) in [6, 6.07) is 18.3. The maximum atomic E-state index is 13.3. The second kappa shape index (κ2) is 29.5. The van der Waals surface area contributed by atoms with Gasteiger partial charge in [0.15, 0.2) is 43.8 Å². The van der Waals surface area contributed by atoms with Gasteiger partial charge in [0.2, 0.25) is 17.6 Å². The number of hydrogen-bond donors (Lipinski definition) is 6. The van der Waals surface area contributed by atoms with Gasteiger partial charge in [0, 0.05) is 56.3 Å². The Balaban J connectivity index is 0.000000151. The van der Waals surface area contributed by atoms with Crippen molar-refractivity contribution in [3.63, 3.8) is 0 Å². The average Bonchev–Trinajstić information content (AvgIpc) is 1.05. The Morgan fingerprint density at radius 1 is 0.413 bits per heavy atom. The molecule has 0 atom stereocenters. The highest BCUT2D eigenvalue weighted by molar-refractivity contribution is 7.94. The molecular formula is C62H73N9O18S3. The predicted molar refractivity (Wildman–Crippen MR) is 326 cm³/mol. The van der Waals surface area contributed by atoms with Gasteiger partial charge >= 0.3 is 0 Å². The standard InChI is InChI=1S/2C21H25N3O6S.C20H23N3O6S/c25-20(24-26)21(8-11-29-12-9-21)31(27,28)17-5-3-16(4-6-17)18-13-23-19(14-22-18)30-10-7-15-1-2-15;25-20(24-26)21(8-10-29-11-9-21)31(27,28)17-6-4-16(5-7-17)18-12-23-19(13-22-18)30-14-15-2-1-3-15;24-19(23-25)20(7-9-28-10-8-20)30(26,27)16-5-3-15(4-6-16)17-11-22-18(12-21-17)29-13-14-1-2-14/h3-6,13-15,26H,1-2,7-12H2,(H,24,25);4-7,12-13,15,26H,1-3,8-11,14H2,(H,24,25);3-6,11-12,14,25H,1-2,7-10,13H2,(H,23,24). The molecule has 6 heterocycles. The van der Waals surface area contributed by atoms with Crippen molar-refractivity contribution in [2.24, 2.45) is 17.8 Å². The van der Waals surface area contributed by atoms with Crippen molar-refractivity contribution in [1.82, 2.24) is 46.3 Å². The van der Waals surface area contributed by atoms with Gasteiger partial charge in [-0.15, -0.1) is 0 Å². The van der Waals surface area contributed by atoms with Crippen molar-refractivity contribution in [3.8, 4) is 51.4 Å². The zero-order valence-electron chi connectivity index (χ0n) is 50.3. The monoisotopic (exact) mass is 1330 g/mol. The van der Waals surface area contributed by atoms with Crippen LogP contribution in [0.2, 0.25) is 0 Å². The number of ether oxygens (including phenoxy) is 6. The average molecular weight is 1330 g/mol. The van der Waals surface area contributed by atoms with Gasteiger partial charge in [-0.05, 0) is 125 Å². The molecule has 6 aliphatic rings. The molecule has 12 rings (SSSR count). The Morgan fingerprint density at radius 2 is 0.707 bits per heavy atom. The molecule has 3 aromatic carbocycles. The molecular weight excluding hydrogens is 1250 g/mol. The summed E-state index contributed by atoms with van der Waals surface area (Å²) in [7, 11) is -12.2. The third-order valence-electron chi connectivity index (χ3n) is 17.6. The number of rotatable bonds is 22. The van der Waals surface area contributed by atoms with Crippen LogP contribution in [0.5, 0.6) is 17.6 Å². The Kier molecular flexibility index (Phi) is 21.6. The highest BCUT2D eigenvalue weighted by Gasteiger charge is 2.55.